The molecule has 0 saturated carbocycles. The molecular weight excluding hydrogens is 172 g/mol. The summed E-state index contributed by atoms with van der Waals surface area (Å²) in [6.45, 7) is 0.303. The number of methoxy groups -OCH3 is 1. The fourth-order valence-electron chi connectivity index (χ4n) is 0.790. The summed E-state index contributed by atoms with van der Waals surface area (Å²) >= 11 is 0. The van der Waals surface area contributed by atoms with Crippen molar-refractivity contribution in [1.29, 1.82) is 5.26 Å². The highest BCUT2D eigenvalue weighted by molar-refractivity contribution is 5.79. The third-order valence-corrected chi connectivity index (χ3v) is 1.47. The molecule has 0 rings (SSSR count). The average Bonchev–Trinajstić information content (AvgIpc) is 2.17. The Kier molecular flexibility index (Phi) is 6.24. The van der Waals surface area contributed by atoms with Crippen molar-refractivity contribution in [3.63, 3.8) is 0 Å². The van der Waals surface area contributed by atoms with Crippen molar-refractivity contribution < 1.29 is 14.3 Å². The van der Waals surface area contributed by atoms with Crippen molar-refractivity contribution in [3.8, 4) is 6.07 Å². The van der Waals surface area contributed by atoms with E-state index in [-0.39, 0.29) is 0 Å². The minimum Gasteiger partial charge on any atom is -0.452 e. The van der Waals surface area contributed by atoms with Crippen molar-refractivity contribution >= 4 is 12.5 Å². The number of carbonyl (C=O) groups is 2. The lowest BCUT2D eigenvalue weighted by Crippen LogP contribution is -2.30. The fraction of sp³-hybridized carbons (Fsp3) is 0.625. The minimum absolute atomic E-state index is 0.303. The Labute approximate surface area is 76.9 Å². The Morgan fingerprint density at radius 2 is 2.31 bits per heavy atom. The van der Waals surface area contributed by atoms with Crippen LogP contribution in [0.25, 0.3) is 0 Å². The molecule has 0 spiro atoms. The fourth-order valence-corrected chi connectivity index (χ4v) is 0.790. The smallest absolute Gasteiger partial charge is 0.416 e. The van der Waals surface area contributed by atoms with E-state index in [2.05, 4.69) is 4.74 Å². The molecule has 0 radical (unpaired) electrons. The molecule has 2 amide bonds. The normalized spacial score (nSPS) is 8.62. The molecule has 0 saturated heterocycles. The van der Waals surface area contributed by atoms with Crippen LogP contribution in [0.1, 0.15) is 19.3 Å². The zero-order chi connectivity index (χ0) is 10.1. The van der Waals surface area contributed by atoms with Gasteiger partial charge in [-0.3, -0.25) is 9.69 Å². The highest BCUT2D eigenvalue weighted by atomic mass is 16.5. The average molecular weight is 184 g/mol. The monoisotopic (exact) mass is 184 g/mol. The van der Waals surface area contributed by atoms with Crippen LogP contribution in [0.3, 0.4) is 0 Å². The van der Waals surface area contributed by atoms with Crippen LogP contribution in [-0.2, 0) is 9.53 Å². The highest BCUT2D eigenvalue weighted by Gasteiger charge is 2.10. The van der Waals surface area contributed by atoms with E-state index in [4.69, 9.17) is 5.26 Å². The molecule has 0 fully saturated rings. The highest BCUT2D eigenvalue weighted by Crippen LogP contribution is 1.97. The predicted octanol–water partition coefficient (Wildman–Crippen LogP) is 0.905. The number of nitrogens with zero attached hydrogens (tertiary/aromatic N) is 2. The molecule has 5 nitrogen and oxygen atoms in total. The number of unbranched alkanes of at least 4 members (excludes halogenated alkanes) is 2. The zero-order valence-corrected chi connectivity index (χ0v) is 7.52. The molecule has 0 aromatic carbocycles. The van der Waals surface area contributed by atoms with Gasteiger partial charge in [0.25, 0.3) is 0 Å². The summed E-state index contributed by atoms with van der Waals surface area (Å²) in [5.41, 5.74) is 0. The van der Waals surface area contributed by atoms with Gasteiger partial charge in [0, 0.05) is 13.0 Å². The minimum atomic E-state index is -0.660. The summed E-state index contributed by atoms with van der Waals surface area (Å²) in [7, 11) is 1.22. The van der Waals surface area contributed by atoms with Gasteiger partial charge in [0.15, 0.2) is 0 Å². The number of amides is 2. The molecule has 13 heavy (non-hydrogen) atoms. The Bertz CT molecular complexity index is 210. The molecule has 0 aliphatic heterocycles. The van der Waals surface area contributed by atoms with Gasteiger partial charge in [-0.25, -0.2) is 4.79 Å². The van der Waals surface area contributed by atoms with Crippen molar-refractivity contribution in [2.75, 3.05) is 13.7 Å². The Balaban J connectivity index is 3.67. The molecule has 0 aromatic heterocycles. The lowest BCUT2D eigenvalue weighted by molar-refractivity contribution is -0.116. The first kappa shape index (κ1) is 11.4. The van der Waals surface area contributed by atoms with Gasteiger partial charge in [-0.05, 0) is 12.8 Å². The van der Waals surface area contributed by atoms with Gasteiger partial charge in [0.05, 0.1) is 13.2 Å². The third-order valence-electron chi connectivity index (χ3n) is 1.47. The van der Waals surface area contributed by atoms with Gasteiger partial charge in [-0.15, -0.1) is 0 Å². The largest absolute Gasteiger partial charge is 0.452 e. The summed E-state index contributed by atoms with van der Waals surface area (Å²) in [5, 5.41) is 8.22. The number of imide groups is 1. The van der Waals surface area contributed by atoms with E-state index in [1.165, 1.54) is 7.11 Å². The first-order chi connectivity index (χ1) is 6.26. The standard InChI is InChI=1S/C8H12N2O3/c1-13-8(12)10(7-11)6-4-2-3-5-9/h7H,2-4,6H2,1H3. The van der Waals surface area contributed by atoms with Crippen LogP contribution in [0.15, 0.2) is 0 Å². The maximum Gasteiger partial charge on any atom is 0.416 e. The second kappa shape index (κ2) is 7.10. The van der Waals surface area contributed by atoms with E-state index in [0.29, 0.717) is 32.2 Å². The van der Waals surface area contributed by atoms with Gasteiger partial charge in [-0.2, -0.15) is 5.26 Å². The molecule has 5 heteroatoms. The van der Waals surface area contributed by atoms with Crippen molar-refractivity contribution in [1.82, 2.24) is 4.90 Å². The lowest BCUT2D eigenvalue weighted by Gasteiger charge is -2.12. The Morgan fingerprint density at radius 1 is 1.62 bits per heavy atom. The van der Waals surface area contributed by atoms with Crippen LogP contribution >= 0.6 is 0 Å². The molecule has 0 aromatic rings. The topological polar surface area (TPSA) is 70.4 Å². The maximum atomic E-state index is 10.8. The molecule has 0 N–H and O–H groups in total. The van der Waals surface area contributed by atoms with Crippen LogP contribution in [0, 0.1) is 11.3 Å². The van der Waals surface area contributed by atoms with Crippen LogP contribution in [0.4, 0.5) is 4.79 Å². The Hall–Kier alpha value is -1.57. The maximum absolute atomic E-state index is 10.8. The number of carbonyl (C=O) groups excluding carboxylic acids is 2. The zero-order valence-electron chi connectivity index (χ0n) is 7.52. The molecule has 0 heterocycles. The SMILES string of the molecule is COC(=O)N(C=O)CCCCC#N. The van der Waals surface area contributed by atoms with E-state index in [1.807, 2.05) is 6.07 Å². The van der Waals surface area contributed by atoms with Gasteiger partial charge in [0.1, 0.15) is 0 Å². The van der Waals surface area contributed by atoms with Crippen LogP contribution in [-0.4, -0.2) is 31.1 Å². The number of nitriles is 1. The molecule has 0 atom stereocenters. The number of hydrogen-bond acceptors (Lipinski definition) is 4. The van der Waals surface area contributed by atoms with Gasteiger partial charge >= 0.3 is 6.09 Å². The first-order valence-corrected chi connectivity index (χ1v) is 3.93. The molecule has 0 aliphatic carbocycles. The van der Waals surface area contributed by atoms with Gasteiger partial charge < -0.3 is 4.74 Å². The van der Waals surface area contributed by atoms with E-state index in [0.717, 1.165) is 4.90 Å². The summed E-state index contributed by atoms with van der Waals surface area (Å²) < 4.78 is 4.35. The van der Waals surface area contributed by atoms with E-state index < -0.39 is 6.09 Å². The van der Waals surface area contributed by atoms with Crippen molar-refractivity contribution in [2.24, 2.45) is 0 Å². The van der Waals surface area contributed by atoms with Crippen LogP contribution in [0.2, 0.25) is 0 Å². The number of hydrogen-bond donors (Lipinski definition) is 0. The van der Waals surface area contributed by atoms with Crippen molar-refractivity contribution in [2.45, 2.75) is 19.3 Å². The molecule has 0 bridgehead atoms. The molecule has 0 aliphatic rings. The van der Waals surface area contributed by atoms with Gasteiger partial charge in [0.2, 0.25) is 6.41 Å². The predicted molar refractivity (Wildman–Crippen MR) is 44.6 cm³/mol. The second-order valence-electron chi connectivity index (χ2n) is 2.38. The summed E-state index contributed by atoms with van der Waals surface area (Å²) in [4.78, 5) is 22.1. The summed E-state index contributed by atoms with van der Waals surface area (Å²) in [5.74, 6) is 0. The van der Waals surface area contributed by atoms with Crippen molar-refractivity contribution in [3.05, 3.63) is 0 Å². The van der Waals surface area contributed by atoms with E-state index in [1.54, 1.807) is 0 Å². The lowest BCUT2D eigenvalue weighted by atomic mass is 10.2. The first-order valence-electron chi connectivity index (χ1n) is 3.93. The molecule has 72 valence electrons. The molecule has 0 unspecified atom stereocenters. The summed E-state index contributed by atoms with van der Waals surface area (Å²) in [6, 6.07) is 1.98. The van der Waals surface area contributed by atoms with Crippen LogP contribution < -0.4 is 0 Å². The number of rotatable bonds is 5. The quantitative estimate of drug-likeness (QED) is 0.470. The number of ether oxygens (including phenoxy) is 1. The Morgan fingerprint density at radius 3 is 2.77 bits per heavy atom. The van der Waals surface area contributed by atoms with Crippen LogP contribution in [0.5, 0.6) is 0 Å². The second-order valence-corrected chi connectivity index (χ2v) is 2.38. The summed E-state index contributed by atoms with van der Waals surface area (Å²) in [6.07, 6.45) is 1.51. The van der Waals surface area contributed by atoms with E-state index in [9.17, 15) is 9.59 Å². The molecular formula is C8H12N2O3. The van der Waals surface area contributed by atoms with E-state index >= 15 is 0 Å². The third kappa shape index (κ3) is 4.80. The van der Waals surface area contributed by atoms with Gasteiger partial charge in [-0.1, -0.05) is 0 Å².